The highest BCUT2D eigenvalue weighted by atomic mass is 19.1. The number of piperidine rings is 2. The van der Waals surface area contributed by atoms with Gasteiger partial charge in [0.05, 0.1) is 31.2 Å². The third-order valence-corrected chi connectivity index (χ3v) is 6.06. The molecule has 2 fully saturated rings. The van der Waals surface area contributed by atoms with Crippen LogP contribution in [0.25, 0.3) is 0 Å². The smallest absolute Gasteiger partial charge is 0.247 e. The molecule has 3 aliphatic rings. The Morgan fingerprint density at radius 2 is 2.18 bits per heavy atom. The molecule has 5 unspecified atom stereocenters. The van der Waals surface area contributed by atoms with Crippen LogP contribution in [0.3, 0.4) is 0 Å². The topological polar surface area (TPSA) is 126 Å². The van der Waals surface area contributed by atoms with E-state index in [0.717, 1.165) is 12.0 Å². The average Bonchev–Trinajstić information content (AvgIpc) is 2.69. The molecule has 154 valence electrons. The molecule has 2 saturated heterocycles. The van der Waals surface area contributed by atoms with Crippen LogP contribution in [0.15, 0.2) is 11.1 Å². The monoisotopic (exact) mass is 393 g/mol. The summed E-state index contributed by atoms with van der Waals surface area (Å²) in [5.74, 6) is -0.922. The normalized spacial score (nSPS) is 34.1. The predicted octanol–water partition coefficient (Wildman–Crippen LogP) is -0.740. The van der Waals surface area contributed by atoms with Crippen LogP contribution >= 0.6 is 0 Å². The fourth-order valence-corrected chi connectivity index (χ4v) is 4.56. The zero-order valence-electron chi connectivity index (χ0n) is 16.0. The second-order valence-electron chi connectivity index (χ2n) is 7.79. The van der Waals surface area contributed by atoms with Crippen molar-refractivity contribution in [1.82, 2.24) is 21.3 Å². The van der Waals surface area contributed by atoms with Gasteiger partial charge in [-0.15, -0.1) is 0 Å². The van der Waals surface area contributed by atoms with Gasteiger partial charge in [-0.2, -0.15) is 5.26 Å². The van der Waals surface area contributed by atoms with Crippen LogP contribution in [0.2, 0.25) is 0 Å². The molecule has 0 radical (unpaired) electrons. The Bertz CT molecular complexity index is 692. The van der Waals surface area contributed by atoms with E-state index < -0.39 is 30.2 Å². The summed E-state index contributed by atoms with van der Waals surface area (Å²) in [5, 5.41) is 30.8. The molecule has 0 aromatic carbocycles. The lowest BCUT2D eigenvalue weighted by Crippen LogP contribution is -2.59. The van der Waals surface area contributed by atoms with Gasteiger partial charge in [-0.1, -0.05) is 5.57 Å². The average molecular weight is 393 g/mol. The lowest BCUT2D eigenvalue weighted by atomic mass is 9.76. The standard InChI is InChI=1S/C19H28FN5O3/c1-10-11(19(28)25-13-4-6-22-14(8-21)17(10)13)7-16(27)24-15(9-26)18-12(20)3-2-5-23-18/h12-15,17-18,22-23,26H,2-7,9H2,1H3,(H,24,27)(H,25,28)/t12?,13?,14?,15-,17?,18?/m0/s1. The van der Waals surface area contributed by atoms with Gasteiger partial charge in [0, 0.05) is 17.5 Å². The lowest BCUT2D eigenvalue weighted by Gasteiger charge is -2.41. The number of nitriles is 1. The van der Waals surface area contributed by atoms with Gasteiger partial charge in [-0.3, -0.25) is 9.59 Å². The number of carbonyl (C=O) groups is 2. The number of hydrogen-bond donors (Lipinski definition) is 5. The largest absolute Gasteiger partial charge is 0.394 e. The van der Waals surface area contributed by atoms with Crippen LogP contribution in [-0.2, 0) is 9.59 Å². The van der Waals surface area contributed by atoms with Crippen LogP contribution < -0.4 is 21.3 Å². The van der Waals surface area contributed by atoms with E-state index in [2.05, 4.69) is 27.3 Å². The minimum atomic E-state index is -1.14. The summed E-state index contributed by atoms with van der Waals surface area (Å²) in [7, 11) is 0. The van der Waals surface area contributed by atoms with Crippen molar-refractivity contribution in [2.24, 2.45) is 5.92 Å². The number of halogens is 1. The van der Waals surface area contributed by atoms with Crippen LogP contribution in [0, 0.1) is 17.2 Å². The second kappa shape index (κ2) is 8.99. The minimum absolute atomic E-state index is 0.117. The first-order valence-electron chi connectivity index (χ1n) is 9.87. The quantitative estimate of drug-likeness (QED) is 0.419. The zero-order chi connectivity index (χ0) is 20.3. The van der Waals surface area contributed by atoms with E-state index >= 15 is 0 Å². The van der Waals surface area contributed by atoms with Crippen molar-refractivity contribution in [2.75, 3.05) is 19.7 Å². The molecule has 0 spiro atoms. The van der Waals surface area contributed by atoms with Gasteiger partial charge in [0.1, 0.15) is 12.2 Å². The Morgan fingerprint density at radius 1 is 1.39 bits per heavy atom. The number of hydrogen-bond acceptors (Lipinski definition) is 6. The van der Waals surface area contributed by atoms with Crippen molar-refractivity contribution in [3.8, 4) is 6.07 Å². The van der Waals surface area contributed by atoms with E-state index in [1.165, 1.54) is 0 Å². The van der Waals surface area contributed by atoms with Crippen LogP contribution in [0.5, 0.6) is 0 Å². The first kappa shape index (κ1) is 20.7. The molecule has 9 heteroatoms. The maximum absolute atomic E-state index is 14.1. The summed E-state index contributed by atoms with van der Waals surface area (Å²) in [6.45, 7) is 2.69. The molecule has 3 heterocycles. The number of nitrogens with zero attached hydrogens (tertiary/aromatic N) is 1. The summed E-state index contributed by atoms with van der Waals surface area (Å²) in [6.07, 6.45) is 0.521. The van der Waals surface area contributed by atoms with Crippen LogP contribution in [-0.4, -0.2) is 67.0 Å². The van der Waals surface area contributed by atoms with E-state index in [1.54, 1.807) is 6.92 Å². The summed E-state index contributed by atoms with van der Waals surface area (Å²) in [5.41, 5.74) is 1.08. The SMILES string of the molecule is CC1=C(CC(=O)N[C@@H](CO)C2NCCCC2F)C(=O)NC2CCNC(C#N)C12. The number of amides is 2. The van der Waals surface area contributed by atoms with Gasteiger partial charge in [0.25, 0.3) is 0 Å². The maximum Gasteiger partial charge on any atom is 0.247 e. The van der Waals surface area contributed by atoms with Gasteiger partial charge in [0.15, 0.2) is 0 Å². The molecule has 28 heavy (non-hydrogen) atoms. The predicted molar refractivity (Wildman–Crippen MR) is 99.7 cm³/mol. The van der Waals surface area contributed by atoms with Crippen LogP contribution in [0.1, 0.15) is 32.6 Å². The number of alkyl halides is 1. The number of aliphatic hydroxyl groups excluding tert-OH is 1. The van der Waals surface area contributed by atoms with Crippen molar-refractivity contribution in [3.05, 3.63) is 11.1 Å². The molecule has 3 rings (SSSR count). The maximum atomic E-state index is 14.1. The van der Waals surface area contributed by atoms with Crippen molar-refractivity contribution in [1.29, 1.82) is 5.26 Å². The van der Waals surface area contributed by atoms with Crippen molar-refractivity contribution < 1.29 is 19.1 Å². The van der Waals surface area contributed by atoms with Gasteiger partial charge in [-0.25, -0.2) is 4.39 Å². The fraction of sp³-hybridized carbons (Fsp3) is 0.737. The molecular weight excluding hydrogens is 365 g/mol. The van der Waals surface area contributed by atoms with Crippen LogP contribution in [0.4, 0.5) is 4.39 Å². The summed E-state index contributed by atoms with van der Waals surface area (Å²) in [6, 6.07) is 0.296. The second-order valence-corrected chi connectivity index (χ2v) is 7.79. The molecule has 0 bridgehead atoms. The highest BCUT2D eigenvalue weighted by Crippen LogP contribution is 2.32. The molecule has 0 aromatic heterocycles. The molecule has 0 aliphatic carbocycles. The Morgan fingerprint density at radius 3 is 2.86 bits per heavy atom. The van der Waals surface area contributed by atoms with E-state index in [1.807, 2.05) is 0 Å². The highest BCUT2D eigenvalue weighted by molar-refractivity contribution is 6.00. The molecule has 5 N–H and O–H groups in total. The number of nitrogens with one attached hydrogen (secondary N) is 4. The minimum Gasteiger partial charge on any atom is -0.394 e. The van der Waals surface area contributed by atoms with Gasteiger partial charge < -0.3 is 26.4 Å². The van der Waals surface area contributed by atoms with E-state index in [4.69, 9.17) is 0 Å². The molecule has 8 nitrogen and oxygen atoms in total. The van der Waals surface area contributed by atoms with Gasteiger partial charge in [0.2, 0.25) is 11.8 Å². The van der Waals surface area contributed by atoms with E-state index in [0.29, 0.717) is 31.5 Å². The third kappa shape index (κ3) is 4.19. The summed E-state index contributed by atoms with van der Waals surface area (Å²) in [4.78, 5) is 25.1. The number of fused-ring (bicyclic) bond motifs is 1. The first-order valence-corrected chi connectivity index (χ1v) is 9.87. The summed E-state index contributed by atoms with van der Waals surface area (Å²) < 4.78 is 14.1. The Labute approximate surface area is 163 Å². The Balaban J connectivity index is 1.71. The van der Waals surface area contributed by atoms with E-state index in [-0.39, 0.29) is 30.9 Å². The summed E-state index contributed by atoms with van der Waals surface area (Å²) >= 11 is 0. The van der Waals surface area contributed by atoms with E-state index in [9.17, 15) is 24.3 Å². The molecule has 3 aliphatic heterocycles. The van der Waals surface area contributed by atoms with Gasteiger partial charge >= 0.3 is 0 Å². The number of carbonyl (C=O) groups excluding carboxylic acids is 2. The molecule has 6 atom stereocenters. The van der Waals surface area contributed by atoms with Crippen molar-refractivity contribution in [3.63, 3.8) is 0 Å². The van der Waals surface area contributed by atoms with Gasteiger partial charge in [-0.05, 0) is 39.3 Å². The molecule has 0 saturated carbocycles. The van der Waals surface area contributed by atoms with Crippen molar-refractivity contribution >= 4 is 11.8 Å². The Hall–Kier alpha value is -2.02. The molecule has 2 amide bonds. The molecule has 0 aromatic rings. The lowest BCUT2D eigenvalue weighted by molar-refractivity contribution is -0.125. The number of rotatable bonds is 5. The third-order valence-electron chi connectivity index (χ3n) is 6.06. The Kier molecular flexibility index (Phi) is 6.65. The highest BCUT2D eigenvalue weighted by Gasteiger charge is 2.41. The number of aliphatic hydroxyl groups is 1. The fourth-order valence-electron chi connectivity index (χ4n) is 4.56. The zero-order valence-corrected chi connectivity index (χ0v) is 16.0. The first-order chi connectivity index (χ1) is 13.5. The van der Waals surface area contributed by atoms with Crippen molar-refractivity contribution in [2.45, 2.75) is 62.9 Å². The molecular formula is C19H28FN5O3.